The van der Waals surface area contributed by atoms with Gasteiger partial charge in [-0.25, -0.2) is 4.79 Å². The largest absolute Gasteiger partial charge is 0.476 e. The van der Waals surface area contributed by atoms with Gasteiger partial charge in [0.15, 0.2) is 5.69 Å². The topological polar surface area (TPSA) is 75.1 Å². The van der Waals surface area contributed by atoms with Gasteiger partial charge in [-0.05, 0) is 43.2 Å². The van der Waals surface area contributed by atoms with E-state index in [1.54, 1.807) is 6.07 Å². The van der Waals surface area contributed by atoms with Crippen molar-refractivity contribution in [1.29, 1.82) is 0 Å². The molecule has 0 bridgehead atoms. The summed E-state index contributed by atoms with van der Waals surface area (Å²) in [6, 6.07) is 3.57. The molecular formula is C13H19N3O2. The van der Waals surface area contributed by atoms with Crippen molar-refractivity contribution in [3.63, 3.8) is 0 Å². The van der Waals surface area contributed by atoms with E-state index in [2.05, 4.69) is 29.4 Å². The second-order valence-electron chi connectivity index (χ2n) is 5.69. The van der Waals surface area contributed by atoms with E-state index in [0.717, 1.165) is 12.8 Å². The van der Waals surface area contributed by atoms with Crippen LogP contribution in [0.3, 0.4) is 0 Å². The van der Waals surface area contributed by atoms with Gasteiger partial charge in [-0.1, -0.05) is 13.8 Å². The number of carbonyl (C=O) groups is 1. The van der Waals surface area contributed by atoms with Crippen LogP contribution in [-0.4, -0.2) is 27.3 Å². The Morgan fingerprint density at radius 1 is 1.33 bits per heavy atom. The molecule has 0 saturated heterocycles. The van der Waals surface area contributed by atoms with E-state index in [1.807, 2.05) is 0 Å². The molecule has 0 radical (unpaired) electrons. The molecule has 1 heterocycles. The van der Waals surface area contributed by atoms with E-state index in [0.29, 0.717) is 17.3 Å². The van der Waals surface area contributed by atoms with Gasteiger partial charge in [0.2, 0.25) is 0 Å². The maximum atomic E-state index is 10.7. The van der Waals surface area contributed by atoms with Crippen molar-refractivity contribution in [2.45, 2.75) is 45.6 Å². The number of hydrogen-bond donors (Lipinski definition) is 2. The van der Waals surface area contributed by atoms with Crippen LogP contribution in [0.1, 0.15) is 50.0 Å². The van der Waals surface area contributed by atoms with E-state index < -0.39 is 5.97 Å². The van der Waals surface area contributed by atoms with Crippen molar-refractivity contribution in [3.05, 3.63) is 17.8 Å². The molecule has 1 aliphatic rings. The first-order valence-corrected chi connectivity index (χ1v) is 6.30. The Balaban J connectivity index is 1.92. The molecule has 0 aromatic carbocycles. The third-order valence-corrected chi connectivity index (χ3v) is 3.57. The van der Waals surface area contributed by atoms with Crippen LogP contribution in [0.4, 0.5) is 5.82 Å². The number of aromatic carboxylic acids is 1. The van der Waals surface area contributed by atoms with Crippen LogP contribution in [0, 0.1) is 5.41 Å². The minimum absolute atomic E-state index is 0.0228. The number of anilines is 1. The maximum Gasteiger partial charge on any atom is 0.356 e. The molecule has 98 valence electrons. The lowest BCUT2D eigenvalue weighted by atomic mass is 9.75. The molecule has 2 N–H and O–H groups in total. The predicted octanol–water partition coefficient (Wildman–Crippen LogP) is 2.56. The SMILES string of the molecule is CC1(C)CCC(Nc2ccc(C(=O)O)nn2)CC1. The monoisotopic (exact) mass is 249 g/mol. The fourth-order valence-corrected chi connectivity index (χ4v) is 2.28. The summed E-state index contributed by atoms with van der Waals surface area (Å²) in [5.74, 6) is -0.391. The molecule has 0 amide bonds. The summed E-state index contributed by atoms with van der Waals surface area (Å²) in [6.07, 6.45) is 4.64. The number of hydrogen-bond acceptors (Lipinski definition) is 4. The van der Waals surface area contributed by atoms with Gasteiger partial charge in [0, 0.05) is 6.04 Å². The van der Waals surface area contributed by atoms with Gasteiger partial charge < -0.3 is 10.4 Å². The normalized spacial score (nSPS) is 19.4. The zero-order valence-electron chi connectivity index (χ0n) is 10.8. The second-order valence-corrected chi connectivity index (χ2v) is 5.69. The summed E-state index contributed by atoms with van der Waals surface area (Å²) < 4.78 is 0. The minimum atomic E-state index is -1.05. The van der Waals surface area contributed by atoms with Crippen molar-refractivity contribution in [2.24, 2.45) is 5.41 Å². The third-order valence-electron chi connectivity index (χ3n) is 3.57. The van der Waals surface area contributed by atoms with E-state index in [1.165, 1.54) is 18.9 Å². The van der Waals surface area contributed by atoms with Gasteiger partial charge in [-0.15, -0.1) is 10.2 Å². The average molecular weight is 249 g/mol. The molecule has 5 heteroatoms. The zero-order chi connectivity index (χ0) is 13.2. The Morgan fingerprint density at radius 3 is 2.50 bits per heavy atom. The fourth-order valence-electron chi connectivity index (χ4n) is 2.28. The smallest absolute Gasteiger partial charge is 0.356 e. The number of aromatic nitrogens is 2. The lowest BCUT2D eigenvalue weighted by molar-refractivity contribution is 0.0689. The highest BCUT2D eigenvalue weighted by Crippen LogP contribution is 2.35. The van der Waals surface area contributed by atoms with Crippen LogP contribution >= 0.6 is 0 Å². The molecule has 0 aliphatic heterocycles. The summed E-state index contributed by atoms with van der Waals surface area (Å²) in [7, 11) is 0. The van der Waals surface area contributed by atoms with Crippen LogP contribution in [0.5, 0.6) is 0 Å². The van der Waals surface area contributed by atoms with Gasteiger partial charge in [0.05, 0.1) is 0 Å². The van der Waals surface area contributed by atoms with Crippen molar-refractivity contribution >= 4 is 11.8 Å². The predicted molar refractivity (Wildman–Crippen MR) is 68.7 cm³/mol. The molecule has 1 aromatic rings. The van der Waals surface area contributed by atoms with Crippen molar-refractivity contribution < 1.29 is 9.90 Å². The molecule has 1 saturated carbocycles. The van der Waals surface area contributed by atoms with Crippen LogP contribution in [0.25, 0.3) is 0 Å². The molecule has 18 heavy (non-hydrogen) atoms. The Kier molecular flexibility index (Phi) is 3.50. The maximum absolute atomic E-state index is 10.7. The first kappa shape index (κ1) is 12.8. The minimum Gasteiger partial charge on any atom is -0.476 e. The third kappa shape index (κ3) is 3.18. The van der Waals surface area contributed by atoms with E-state index in [4.69, 9.17) is 5.11 Å². The van der Waals surface area contributed by atoms with E-state index >= 15 is 0 Å². The van der Waals surface area contributed by atoms with Crippen molar-refractivity contribution in [3.8, 4) is 0 Å². The standard InChI is InChI=1S/C13H19N3O2/c1-13(2)7-5-9(6-8-13)14-11-4-3-10(12(17)18)15-16-11/h3-4,9H,5-8H2,1-2H3,(H,14,16)(H,17,18). The lowest BCUT2D eigenvalue weighted by Gasteiger charge is -2.34. The summed E-state index contributed by atoms with van der Waals surface area (Å²) in [5, 5.41) is 19.6. The summed E-state index contributed by atoms with van der Waals surface area (Å²) in [4.78, 5) is 10.7. The Morgan fingerprint density at radius 2 is 2.00 bits per heavy atom. The van der Waals surface area contributed by atoms with Gasteiger partial charge in [-0.2, -0.15) is 0 Å². The molecule has 1 fully saturated rings. The van der Waals surface area contributed by atoms with Crippen LogP contribution in [-0.2, 0) is 0 Å². The first-order valence-electron chi connectivity index (χ1n) is 6.30. The fraction of sp³-hybridized carbons (Fsp3) is 0.615. The van der Waals surface area contributed by atoms with Crippen molar-refractivity contribution in [1.82, 2.24) is 10.2 Å². The van der Waals surface area contributed by atoms with Gasteiger partial charge in [-0.3, -0.25) is 0 Å². The quantitative estimate of drug-likeness (QED) is 0.861. The molecule has 1 aliphatic carbocycles. The van der Waals surface area contributed by atoms with Gasteiger partial charge in [0.1, 0.15) is 5.82 Å². The average Bonchev–Trinajstić information content (AvgIpc) is 2.33. The molecule has 0 spiro atoms. The first-order chi connectivity index (χ1) is 8.46. The molecule has 0 unspecified atom stereocenters. The van der Waals surface area contributed by atoms with Gasteiger partial charge in [0.25, 0.3) is 0 Å². The number of carboxylic acid groups (broad SMARTS) is 1. The second kappa shape index (κ2) is 4.92. The molecule has 1 aromatic heterocycles. The summed E-state index contributed by atoms with van der Waals surface area (Å²) in [5.41, 5.74) is 0.419. The van der Waals surface area contributed by atoms with Crippen LogP contribution in [0.15, 0.2) is 12.1 Å². The molecule has 2 rings (SSSR count). The van der Waals surface area contributed by atoms with Crippen LogP contribution in [0.2, 0.25) is 0 Å². The highest BCUT2D eigenvalue weighted by atomic mass is 16.4. The zero-order valence-corrected chi connectivity index (χ0v) is 10.8. The number of nitrogens with one attached hydrogen (secondary N) is 1. The highest BCUT2D eigenvalue weighted by molar-refractivity contribution is 5.85. The Bertz CT molecular complexity index is 418. The summed E-state index contributed by atoms with van der Waals surface area (Å²) >= 11 is 0. The van der Waals surface area contributed by atoms with E-state index in [9.17, 15) is 4.79 Å². The highest BCUT2D eigenvalue weighted by Gasteiger charge is 2.26. The van der Waals surface area contributed by atoms with E-state index in [-0.39, 0.29) is 5.69 Å². The lowest BCUT2D eigenvalue weighted by Crippen LogP contribution is -2.30. The number of carboxylic acids is 1. The number of nitrogens with zero attached hydrogens (tertiary/aromatic N) is 2. The Labute approximate surface area is 107 Å². The van der Waals surface area contributed by atoms with Crippen molar-refractivity contribution in [2.75, 3.05) is 5.32 Å². The number of rotatable bonds is 3. The molecular weight excluding hydrogens is 230 g/mol. The molecule has 5 nitrogen and oxygen atoms in total. The molecule has 0 atom stereocenters. The Hall–Kier alpha value is -1.65. The van der Waals surface area contributed by atoms with Crippen LogP contribution < -0.4 is 5.32 Å². The summed E-state index contributed by atoms with van der Waals surface area (Å²) in [6.45, 7) is 4.59. The van der Waals surface area contributed by atoms with Gasteiger partial charge >= 0.3 is 5.97 Å².